The molecule has 2 aromatic carbocycles. The second kappa shape index (κ2) is 8.06. The summed E-state index contributed by atoms with van der Waals surface area (Å²) < 4.78 is 12.2. The Morgan fingerprint density at radius 3 is 2.43 bits per heavy atom. The van der Waals surface area contributed by atoms with Gasteiger partial charge in [0.25, 0.3) is 11.5 Å². The SMILES string of the molecule is COc1cc(Cn2cc(C(=O)N3c4ccccc4C[C@H]3C)ccc2=O)cc(OC)c1. The molecular weight excluding hydrogens is 380 g/mol. The number of hydrogen-bond acceptors (Lipinski definition) is 4. The van der Waals surface area contributed by atoms with Crippen molar-refractivity contribution in [2.24, 2.45) is 0 Å². The molecule has 4 rings (SSSR count). The number of hydrogen-bond donors (Lipinski definition) is 0. The first kappa shape index (κ1) is 19.8. The van der Waals surface area contributed by atoms with Crippen LogP contribution in [0.4, 0.5) is 5.69 Å². The second-order valence-corrected chi connectivity index (χ2v) is 7.46. The Morgan fingerprint density at radius 1 is 1.03 bits per heavy atom. The number of carbonyl (C=O) groups excluding carboxylic acids is 1. The van der Waals surface area contributed by atoms with Gasteiger partial charge in [-0.2, -0.15) is 0 Å². The largest absolute Gasteiger partial charge is 0.497 e. The van der Waals surface area contributed by atoms with Crippen LogP contribution in [0.2, 0.25) is 0 Å². The zero-order chi connectivity index (χ0) is 21.3. The first-order chi connectivity index (χ1) is 14.5. The molecule has 3 aromatic rings. The number of para-hydroxylation sites is 1. The number of methoxy groups -OCH3 is 2. The molecule has 0 spiro atoms. The van der Waals surface area contributed by atoms with Crippen molar-refractivity contribution in [1.29, 1.82) is 0 Å². The minimum absolute atomic E-state index is 0.0675. The molecule has 1 atom stereocenters. The molecular formula is C24H24N2O4. The van der Waals surface area contributed by atoms with Crippen LogP contribution in [0.1, 0.15) is 28.4 Å². The molecule has 30 heavy (non-hydrogen) atoms. The average Bonchev–Trinajstić information content (AvgIpc) is 3.10. The molecule has 0 saturated heterocycles. The van der Waals surface area contributed by atoms with Crippen molar-refractivity contribution in [3.8, 4) is 11.5 Å². The van der Waals surface area contributed by atoms with E-state index in [1.807, 2.05) is 42.2 Å². The predicted octanol–water partition coefficient (Wildman–Crippen LogP) is 3.51. The number of fused-ring (bicyclic) bond motifs is 1. The van der Waals surface area contributed by atoms with Crippen LogP contribution in [0, 0.1) is 0 Å². The summed E-state index contributed by atoms with van der Waals surface area (Å²) in [6.07, 6.45) is 2.45. The molecule has 1 amide bonds. The van der Waals surface area contributed by atoms with E-state index < -0.39 is 0 Å². The molecule has 0 unspecified atom stereocenters. The predicted molar refractivity (Wildman–Crippen MR) is 116 cm³/mol. The van der Waals surface area contributed by atoms with Gasteiger partial charge in [0.2, 0.25) is 0 Å². The van der Waals surface area contributed by atoms with Crippen LogP contribution in [0.25, 0.3) is 0 Å². The van der Waals surface area contributed by atoms with Gasteiger partial charge >= 0.3 is 0 Å². The lowest BCUT2D eigenvalue weighted by atomic mass is 10.1. The fraction of sp³-hybridized carbons (Fsp3) is 0.250. The lowest BCUT2D eigenvalue weighted by Crippen LogP contribution is -2.36. The molecule has 6 heteroatoms. The van der Waals surface area contributed by atoms with Gasteiger partial charge < -0.3 is 18.9 Å². The van der Waals surface area contributed by atoms with Gasteiger partial charge in [-0.3, -0.25) is 9.59 Å². The minimum atomic E-state index is -0.178. The van der Waals surface area contributed by atoms with Crippen LogP contribution in [-0.2, 0) is 13.0 Å². The van der Waals surface area contributed by atoms with Gasteiger partial charge in [0.05, 0.1) is 26.3 Å². The number of benzene rings is 2. The third-order valence-corrected chi connectivity index (χ3v) is 5.42. The maximum absolute atomic E-state index is 13.3. The molecule has 1 aliphatic heterocycles. The molecule has 0 N–H and O–H groups in total. The van der Waals surface area contributed by atoms with Gasteiger partial charge in [-0.05, 0) is 48.7 Å². The highest BCUT2D eigenvalue weighted by Gasteiger charge is 2.31. The van der Waals surface area contributed by atoms with E-state index in [0.717, 1.165) is 23.2 Å². The Labute approximate surface area is 175 Å². The number of nitrogens with zero attached hydrogens (tertiary/aromatic N) is 2. The standard InChI is InChI=1S/C24H24N2O4/c1-16-10-18-6-4-5-7-22(18)26(16)24(28)19-8-9-23(27)25(15-19)14-17-11-20(29-2)13-21(12-17)30-3/h4-9,11-13,15-16H,10,14H2,1-3H3/t16-/m1/s1. The van der Waals surface area contributed by atoms with Gasteiger partial charge in [-0.15, -0.1) is 0 Å². The summed E-state index contributed by atoms with van der Waals surface area (Å²) in [5.41, 5.74) is 3.24. The molecule has 2 heterocycles. The summed E-state index contributed by atoms with van der Waals surface area (Å²) in [6.45, 7) is 2.34. The first-order valence-electron chi connectivity index (χ1n) is 9.84. The normalized spacial score (nSPS) is 15.0. The summed E-state index contributed by atoms with van der Waals surface area (Å²) in [4.78, 5) is 27.6. The summed E-state index contributed by atoms with van der Waals surface area (Å²) >= 11 is 0. The summed E-state index contributed by atoms with van der Waals surface area (Å²) in [6, 6.07) is 16.5. The Balaban J connectivity index is 1.66. The minimum Gasteiger partial charge on any atom is -0.497 e. The van der Waals surface area contributed by atoms with Crippen molar-refractivity contribution in [3.05, 3.63) is 87.8 Å². The Hall–Kier alpha value is -3.54. The molecule has 0 fully saturated rings. The molecule has 0 saturated carbocycles. The van der Waals surface area contributed by atoms with Crippen molar-refractivity contribution in [1.82, 2.24) is 4.57 Å². The highest BCUT2D eigenvalue weighted by Crippen LogP contribution is 2.33. The lowest BCUT2D eigenvalue weighted by molar-refractivity contribution is 0.0980. The van der Waals surface area contributed by atoms with Crippen LogP contribution >= 0.6 is 0 Å². The van der Waals surface area contributed by atoms with Crippen molar-refractivity contribution >= 4 is 11.6 Å². The highest BCUT2D eigenvalue weighted by molar-refractivity contribution is 6.07. The van der Waals surface area contributed by atoms with Crippen LogP contribution < -0.4 is 19.9 Å². The number of rotatable bonds is 5. The quantitative estimate of drug-likeness (QED) is 0.653. The smallest absolute Gasteiger partial charge is 0.260 e. The maximum atomic E-state index is 13.3. The van der Waals surface area contributed by atoms with E-state index in [2.05, 4.69) is 6.07 Å². The van der Waals surface area contributed by atoms with Crippen LogP contribution in [0.15, 0.2) is 65.6 Å². The number of anilines is 1. The van der Waals surface area contributed by atoms with E-state index in [0.29, 0.717) is 23.6 Å². The number of aromatic nitrogens is 1. The second-order valence-electron chi connectivity index (χ2n) is 7.46. The number of ether oxygens (including phenoxy) is 2. The first-order valence-corrected chi connectivity index (χ1v) is 9.84. The Kier molecular flexibility index (Phi) is 5.31. The van der Waals surface area contributed by atoms with E-state index in [1.54, 1.807) is 32.5 Å². The molecule has 154 valence electrons. The van der Waals surface area contributed by atoms with Crippen LogP contribution in [0.5, 0.6) is 11.5 Å². The summed E-state index contributed by atoms with van der Waals surface area (Å²) in [5.74, 6) is 1.18. The number of carbonyl (C=O) groups is 1. The van der Waals surface area contributed by atoms with Gasteiger partial charge in [0.1, 0.15) is 11.5 Å². The van der Waals surface area contributed by atoms with Crippen LogP contribution in [-0.4, -0.2) is 30.7 Å². The zero-order valence-corrected chi connectivity index (χ0v) is 17.3. The number of pyridine rings is 1. The third kappa shape index (κ3) is 3.68. The Morgan fingerprint density at radius 2 is 1.73 bits per heavy atom. The third-order valence-electron chi connectivity index (χ3n) is 5.42. The molecule has 1 aliphatic rings. The molecule has 0 radical (unpaired) electrons. The summed E-state index contributed by atoms with van der Waals surface area (Å²) in [5, 5.41) is 0. The molecule has 0 aliphatic carbocycles. The van der Waals surface area contributed by atoms with Crippen molar-refractivity contribution in [2.75, 3.05) is 19.1 Å². The lowest BCUT2D eigenvalue weighted by Gasteiger charge is -2.23. The van der Waals surface area contributed by atoms with Gasteiger partial charge in [0, 0.05) is 30.1 Å². The molecule has 1 aromatic heterocycles. The highest BCUT2D eigenvalue weighted by atomic mass is 16.5. The van der Waals surface area contributed by atoms with Crippen molar-refractivity contribution < 1.29 is 14.3 Å². The number of amides is 1. The summed E-state index contributed by atoms with van der Waals surface area (Å²) in [7, 11) is 3.16. The van der Waals surface area contributed by atoms with E-state index in [1.165, 1.54) is 10.6 Å². The van der Waals surface area contributed by atoms with E-state index >= 15 is 0 Å². The molecule has 6 nitrogen and oxygen atoms in total. The van der Waals surface area contributed by atoms with Gasteiger partial charge in [-0.1, -0.05) is 18.2 Å². The van der Waals surface area contributed by atoms with E-state index in [9.17, 15) is 9.59 Å². The van der Waals surface area contributed by atoms with Crippen molar-refractivity contribution in [2.45, 2.75) is 25.9 Å². The Bertz CT molecular complexity index is 1130. The molecule has 0 bridgehead atoms. The zero-order valence-electron chi connectivity index (χ0n) is 17.3. The van der Waals surface area contributed by atoms with Gasteiger partial charge in [-0.25, -0.2) is 0 Å². The van der Waals surface area contributed by atoms with E-state index in [4.69, 9.17) is 9.47 Å². The average molecular weight is 404 g/mol. The fourth-order valence-corrected chi connectivity index (χ4v) is 3.95. The van der Waals surface area contributed by atoms with Crippen molar-refractivity contribution in [3.63, 3.8) is 0 Å². The maximum Gasteiger partial charge on any atom is 0.260 e. The van der Waals surface area contributed by atoms with Gasteiger partial charge in [0.15, 0.2) is 0 Å². The fourth-order valence-electron chi connectivity index (χ4n) is 3.95. The van der Waals surface area contributed by atoms with E-state index in [-0.39, 0.29) is 17.5 Å². The van der Waals surface area contributed by atoms with Crippen LogP contribution in [0.3, 0.4) is 0 Å². The monoisotopic (exact) mass is 404 g/mol. The topological polar surface area (TPSA) is 60.8 Å².